The van der Waals surface area contributed by atoms with Crippen LogP contribution in [0.25, 0.3) is 5.65 Å². The average molecular weight is 253 g/mol. The van der Waals surface area contributed by atoms with Crippen molar-refractivity contribution in [2.24, 2.45) is 0 Å². The molecule has 2 aromatic rings. The first-order chi connectivity index (χ1) is 8.12. The molecule has 0 radical (unpaired) electrons. The minimum absolute atomic E-state index is 0.144. The van der Waals surface area contributed by atoms with E-state index in [1.54, 1.807) is 28.9 Å². The number of rotatable bonds is 5. The van der Waals surface area contributed by atoms with Crippen molar-refractivity contribution in [1.82, 2.24) is 9.38 Å². The van der Waals surface area contributed by atoms with E-state index in [1.165, 1.54) is 0 Å². The maximum absolute atomic E-state index is 11.8. The number of nitrogens with one attached hydrogen (secondary N) is 1. The Kier molecular flexibility index (Phi) is 3.33. The van der Waals surface area contributed by atoms with E-state index in [4.69, 9.17) is 0 Å². The SMILES string of the molecule is CCCCS(=O)(=O)Nc1cccn2ccnc12. The molecule has 0 aliphatic heterocycles. The summed E-state index contributed by atoms with van der Waals surface area (Å²) in [6.07, 6.45) is 6.76. The molecule has 92 valence electrons. The molecule has 17 heavy (non-hydrogen) atoms. The molecule has 0 atom stereocenters. The Hall–Kier alpha value is -1.56. The molecule has 0 saturated heterocycles. The van der Waals surface area contributed by atoms with E-state index in [1.807, 2.05) is 13.1 Å². The van der Waals surface area contributed by atoms with Crippen LogP contribution >= 0.6 is 0 Å². The summed E-state index contributed by atoms with van der Waals surface area (Å²) in [5.41, 5.74) is 1.14. The topological polar surface area (TPSA) is 63.5 Å². The third-order valence-electron chi connectivity index (χ3n) is 2.45. The van der Waals surface area contributed by atoms with Gasteiger partial charge in [0, 0.05) is 18.6 Å². The highest BCUT2D eigenvalue weighted by atomic mass is 32.2. The third-order valence-corrected chi connectivity index (χ3v) is 3.81. The largest absolute Gasteiger partial charge is 0.305 e. The van der Waals surface area contributed by atoms with Gasteiger partial charge in [-0.15, -0.1) is 0 Å². The van der Waals surface area contributed by atoms with Gasteiger partial charge in [-0.2, -0.15) is 0 Å². The molecular formula is C11H15N3O2S. The van der Waals surface area contributed by atoms with Crippen molar-refractivity contribution >= 4 is 21.4 Å². The summed E-state index contributed by atoms with van der Waals surface area (Å²) in [5.74, 6) is 0.144. The molecule has 5 nitrogen and oxygen atoms in total. The van der Waals surface area contributed by atoms with Gasteiger partial charge in [0.2, 0.25) is 10.0 Å². The van der Waals surface area contributed by atoms with Gasteiger partial charge in [-0.1, -0.05) is 13.3 Å². The van der Waals surface area contributed by atoms with Crippen LogP contribution in [-0.4, -0.2) is 23.6 Å². The first kappa shape index (κ1) is 11.9. The monoisotopic (exact) mass is 253 g/mol. The number of pyridine rings is 1. The van der Waals surface area contributed by atoms with Crippen LogP contribution in [0.3, 0.4) is 0 Å². The smallest absolute Gasteiger partial charge is 0.232 e. The summed E-state index contributed by atoms with van der Waals surface area (Å²) in [6, 6.07) is 3.50. The van der Waals surface area contributed by atoms with Crippen molar-refractivity contribution in [2.75, 3.05) is 10.5 Å². The van der Waals surface area contributed by atoms with Gasteiger partial charge >= 0.3 is 0 Å². The Labute approximate surface area is 101 Å². The zero-order chi connectivity index (χ0) is 12.3. The number of sulfonamides is 1. The standard InChI is InChI=1S/C11H15N3O2S/c1-2-3-9-17(15,16)13-10-5-4-7-14-8-6-12-11(10)14/h4-8,13H,2-3,9H2,1H3. The van der Waals surface area contributed by atoms with Crippen LogP contribution in [-0.2, 0) is 10.0 Å². The molecule has 2 rings (SSSR count). The lowest BCUT2D eigenvalue weighted by Gasteiger charge is -2.08. The fraction of sp³-hybridized carbons (Fsp3) is 0.364. The number of hydrogen-bond donors (Lipinski definition) is 1. The fourth-order valence-electron chi connectivity index (χ4n) is 1.58. The number of imidazole rings is 1. The number of anilines is 1. The van der Waals surface area contributed by atoms with E-state index in [0.717, 1.165) is 6.42 Å². The van der Waals surface area contributed by atoms with Crippen LogP contribution < -0.4 is 4.72 Å². The highest BCUT2D eigenvalue weighted by molar-refractivity contribution is 7.92. The molecule has 0 aliphatic rings. The maximum atomic E-state index is 11.8. The molecule has 6 heteroatoms. The van der Waals surface area contributed by atoms with Crippen molar-refractivity contribution in [1.29, 1.82) is 0 Å². The minimum atomic E-state index is -3.27. The van der Waals surface area contributed by atoms with Crippen molar-refractivity contribution in [3.63, 3.8) is 0 Å². The Morgan fingerprint density at radius 1 is 1.41 bits per heavy atom. The molecular weight excluding hydrogens is 238 g/mol. The quantitative estimate of drug-likeness (QED) is 0.884. The third kappa shape index (κ3) is 2.76. The minimum Gasteiger partial charge on any atom is -0.305 e. The lowest BCUT2D eigenvalue weighted by Crippen LogP contribution is -2.17. The normalized spacial score (nSPS) is 11.8. The summed E-state index contributed by atoms with van der Waals surface area (Å²) >= 11 is 0. The lowest BCUT2D eigenvalue weighted by molar-refractivity contribution is 0.598. The van der Waals surface area contributed by atoms with Crippen molar-refractivity contribution in [3.8, 4) is 0 Å². The Morgan fingerprint density at radius 3 is 3.00 bits per heavy atom. The van der Waals surface area contributed by atoms with Crippen LogP contribution in [0.15, 0.2) is 30.7 Å². The number of fused-ring (bicyclic) bond motifs is 1. The highest BCUT2D eigenvalue weighted by Crippen LogP contribution is 2.16. The second-order valence-corrected chi connectivity index (χ2v) is 5.70. The van der Waals surface area contributed by atoms with E-state index >= 15 is 0 Å². The van der Waals surface area contributed by atoms with Gasteiger partial charge in [0.25, 0.3) is 0 Å². The van der Waals surface area contributed by atoms with E-state index in [0.29, 0.717) is 17.8 Å². The van der Waals surface area contributed by atoms with Gasteiger partial charge in [0.15, 0.2) is 5.65 Å². The highest BCUT2D eigenvalue weighted by Gasteiger charge is 2.12. The van der Waals surface area contributed by atoms with Crippen molar-refractivity contribution in [2.45, 2.75) is 19.8 Å². The molecule has 1 N–H and O–H groups in total. The summed E-state index contributed by atoms with van der Waals surface area (Å²) in [7, 11) is -3.27. The summed E-state index contributed by atoms with van der Waals surface area (Å²) < 4.78 is 27.9. The molecule has 0 unspecified atom stereocenters. The summed E-state index contributed by atoms with van der Waals surface area (Å²) in [4.78, 5) is 4.12. The molecule has 0 saturated carbocycles. The number of aromatic nitrogens is 2. The predicted molar refractivity (Wildman–Crippen MR) is 67.5 cm³/mol. The van der Waals surface area contributed by atoms with Gasteiger partial charge in [0.1, 0.15) is 0 Å². The molecule has 0 fully saturated rings. The number of unbranched alkanes of at least 4 members (excludes halogenated alkanes) is 1. The Balaban J connectivity index is 2.26. The van der Waals surface area contributed by atoms with Crippen molar-refractivity contribution in [3.05, 3.63) is 30.7 Å². The van der Waals surface area contributed by atoms with Gasteiger partial charge in [-0.05, 0) is 18.6 Å². The zero-order valence-electron chi connectivity index (χ0n) is 9.63. The Bertz CT molecular complexity index is 604. The van der Waals surface area contributed by atoms with Crippen molar-refractivity contribution < 1.29 is 8.42 Å². The van der Waals surface area contributed by atoms with Gasteiger partial charge in [0.05, 0.1) is 11.4 Å². The van der Waals surface area contributed by atoms with E-state index in [9.17, 15) is 8.42 Å². The molecule has 0 aliphatic carbocycles. The molecule has 0 bridgehead atoms. The second-order valence-electron chi connectivity index (χ2n) is 3.85. The maximum Gasteiger partial charge on any atom is 0.232 e. The molecule has 0 aromatic carbocycles. The van der Waals surface area contributed by atoms with E-state index in [-0.39, 0.29) is 5.75 Å². The number of hydrogen-bond acceptors (Lipinski definition) is 3. The first-order valence-corrected chi connectivity index (χ1v) is 7.20. The van der Waals surface area contributed by atoms with Crippen LogP contribution in [0.5, 0.6) is 0 Å². The zero-order valence-corrected chi connectivity index (χ0v) is 10.4. The molecule has 2 aromatic heterocycles. The van der Waals surface area contributed by atoms with E-state index in [2.05, 4.69) is 9.71 Å². The molecule has 0 amide bonds. The lowest BCUT2D eigenvalue weighted by atomic mass is 10.4. The van der Waals surface area contributed by atoms with Crippen LogP contribution in [0.2, 0.25) is 0 Å². The van der Waals surface area contributed by atoms with Gasteiger partial charge < -0.3 is 4.40 Å². The summed E-state index contributed by atoms with van der Waals surface area (Å²) in [6.45, 7) is 1.96. The number of nitrogens with zero attached hydrogens (tertiary/aromatic N) is 2. The Morgan fingerprint density at radius 2 is 2.24 bits per heavy atom. The fourth-order valence-corrected chi connectivity index (χ4v) is 2.85. The van der Waals surface area contributed by atoms with Gasteiger partial charge in [-0.3, -0.25) is 4.72 Å². The van der Waals surface area contributed by atoms with E-state index < -0.39 is 10.0 Å². The first-order valence-electron chi connectivity index (χ1n) is 5.54. The second kappa shape index (κ2) is 4.75. The van der Waals surface area contributed by atoms with Crippen LogP contribution in [0.4, 0.5) is 5.69 Å². The van der Waals surface area contributed by atoms with Crippen LogP contribution in [0, 0.1) is 0 Å². The summed E-state index contributed by atoms with van der Waals surface area (Å²) in [5, 5.41) is 0. The van der Waals surface area contributed by atoms with Crippen LogP contribution in [0.1, 0.15) is 19.8 Å². The average Bonchev–Trinajstić information content (AvgIpc) is 2.75. The molecule has 0 spiro atoms. The predicted octanol–water partition coefficient (Wildman–Crippen LogP) is 1.88. The molecule has 2 heterocycles. The van der Waals surface area contributed by atoms with Gasteiger partial charge in [-0.25, -0.2) is 13.4 Å².